The predicted molar refractivity (Wildman–Crippen MR) is 245 cm³/mol. The molecule has 338 valence electrons. The van der Waals surface area contributed by atoms with Crippen molar-refractivity contribution in [3.8, 4) is 22.2 Å². The molecule has 2 aliphatic heterocycles. The Morgan fingerprint density at radius 2 is 1.83 bits per heavy atom. The highest BCUT2D eigenvalue weighted by Gasteiger charge is 2.46. The van der Waals surface area contributed by atoms with E-state index in [1.807, 2.05) is 39.0 Å². The number of methoxy groups -OCH3 is 1. The first kappa shape index (κ1) is 47.2. The molecule has 1 saturated heterocycles. The predicted octanol–water partition coefficient (Wildman–Crippen LogP) is 6.65. The molecule has 4 aliphatic rings. The van der Waals surface area contributed by atoms with Crippen LogP contribution in [0.2, 0.25) is 0 Å². The molecule has 8 rings (SSSR count). The highest BCUT2D eigenvalue weighted by molar-refractivity contribution is 7.84. The average Bonchev–Trinajstić information content (AvgIpc) is 4.17. The number of hydrogen-bond donors (Lipinski definition) is 3. The van der Waals surface area contributed by atoms with Crippen LogP contribution in [0.1, 0.15) is 119 Å². The topological polar surface area (TPSA) is 195 Å². The van der Waals surface area contributed by atoms with Crippen molar-refractivity contribution in [2.45, 2.75) is 135 Å². The Hall–Kier alpha value is -5.29. The highest BCUT2D eigenvalue weighted by atomic mass is 32.2. The van der Waals surface area contributed by atoms with Crippen LogP contribution in [-0.4, -0.2) is 96.3 Å². The standard InChI is InChI=1S/C40H47N7O5S.C4H7NO2S.C2H6/c1-22(2)32-21-53-39(46-32)30-17-35(27-13-14-34(51-5)24(4)36(27)43-30)52-26-16-33-38(49)45-29-15-25(29)11-9-7-6-8-10-12-28(40(50)47(33)20-26)44-37(48)31-19-41-23(3)18-42-31;6-3-5-8(7)4-1-2-4;1-2/h9,11,13-14,17-19,21-22,25-26,28-29,33H,6-8,10,12,15-16,20H2,1-5H3,(H,44,48)(H,45,49);3-4H,1-2H2,(H,5,6);1-2H3/b11-9-;;/t25-,26-,28+,29?,33?;;/m1../s1. The third-order valence-corrected chi connectivity index (χ3v) is 13.7. The Kier molecular flexibility index (Phi) is 16.4. The Labute approximate surface area is 376 Å². The molecule has 2 saturated carbocycles. The van der Waals surface area contributed by atoms with Crippen molar-refractivity contribution in [3.63, 3.8) is 0 Å². The lowest BCUT2D eigenvalue weighted by atomic mass is 10.0. The molecule has 0 bridgehead atoms. The minimum absolute atomic E-state index is 0.0371. The van der Waals surface area contributed by atoms with Crippen LogP contribution >= 0.6 is 11.3 Å². The summed E-state index contributed by atoms with van der Waals surface area (Å²) in [5, 5.41) is 10.0. The molecular weight excluding hydrogens is 841 g/mol. The Morgan fingerprint density at radius 1 is 1.03 bits per heavy atom. The molecule has 0 spiro atoms. The summed E-state index contributed by atoms with van der Waals surface area (Å²) in [6, 6.07) is 4.15. The van der Waals surface area contributed by atoms with Crippen LogP contribution in [-0.2, 0) is 25.4 Å². The van der Waals surface area contributed by atoms with E-state index in [1.54, 1.807) is 18.9 Å². The van der Waals surface area contributed by atoms with E-state index in [-0.39, 0.29) is 47.7 Å². The number of ether oxygens (including phenoxy) is 2. The van der Waals surface area contributed by atoms with Crippen LogP contribution in [0.5, 0.6) is 11.5 Å². The number of rotatable bonds is 10. The lowest BCUT2D eigenvalue weighted by Gasteiger charge is -2.28. The van der Waals surface area contributed by atoms with E-state index in [9.17, 15) is 23.4 Å². The molecule has 0 radical (unpaired) electrons. The number of fused-ring (bicyclic) bond motifs is 3. The number of allylic oxidation sites excluding steroid dienone is 1. The van der Waals surface area contributed by atoms with Crippen LogP contribution in [0, 0.1) is 19.8 Å². The minimum atomic E-state index is -1.08. The van der Waals surface area contributed by atoms with Gasteiger partial charge in [0.15, 0.2) is 0 Å². The molecule has 15 nitrogen and oxygen atoms in total. The number of carbonyl (C=O) groups is 4. The number of aryl methyl sites for hydroxylation is 2. The first-order chi connectivity index (χ1) is 30.4. The zero-order valence-corrected chi connectivity index (χ0v) is 38.9. The number of aromatic nitrogens is 4. The number of nitrogens with zero attached hydrogens (tertiary/aromatic N) is 5. The Morgan fingerprint density at radius 3 is 2.51 bits per heavy atom. The minimum Gasteiger partial charge on any atom is -0.496 e. The summed E-state index contributed by atoms with van der Waals surface area (Å²) in [7, 11) is 0.557. The monoisotopic (exact) mass is 900 g/mol. The summed E-state index contributed by atoms with van der Waals surface area (Å²) >= 11 is 1.53. The fraction of sp³-hybridized carbons (Fsp3) is 0.522. The number of amides is 4. The van der Waals surface area contributed by atoms with E-state index in [0.717, 1.165) is 72.1 Å². The van der Waals surface area contributed by atoms with Gasteiger partial charge in [0.05, 0.1) is 42.0 Å². The van der Waals surface area contributed by atoms with Gasteiger partial charge in [0.1, 0.15) is 57.1 Å². The van der Waals surface area contributed by atoms with Crippen molar-refractivity contribution in [1.82, 2.24) is 40.2 Å². The van der Waals surface area contributed by atoms with Gasteiger partial charge < -0.3 is 25.0 Å². The van der Waals surface area contributed by atoms with Crippen molar-refractivity contribution >= 4 is 57.4 Å². The maximum Gasteiger partial charge on any atom is 0.272 e. The zero-order valence-electron chi connectivity index (χ0n) is 37.2. The van der Waals surface area contributed by atoms with Gasteiger partial charge in [0.25, 0.3) is 5.91 Å². The summed E-state index contributed by atoms with van der Waals surface area (Å²) in [4.78, 5) is 71.5. The number of benzene rings is 1. The van der Waals surface area contributed by atoms with Gasteiger partial charge >= 0.3 is 0 Å². The Balaban J connectivity index is 0.000000589. The SMILES string of the molecule is CC.COc1ccc2c(O[C@@H]3CC4C(=O)NC5C[C@H]5/C=C\CCCCC[C@H](NC(=O)c5cnc(C)cn5)C(=O)N4C3)cc(-c3nc(C(C)C)cs3)nc2c1C.O=CNS(=O)C1CC1. The van der Waals surface area contributed by atoms with Crippen molar-refractivity contribution in [2.24, 2.45) is 5.92 Å². The van der Waals surface area contributed by atoms with Crippen molar-refractivity contribution in [1.29, 1.82) is 0 Å². The summed E-state index contributed by atoms with van der Waals surface area (Å²) in [6.45, 7) is 12.2. The van der Waals surface area contributed by atoms with Gasteiger partial charge in [-0.15, -0.1) is 11.3 Å². The van der Waals surface area contributed by atoms with Crippen molar-refractivity contribution in [3.05, 3.63) is 70.8 Å². The molecule has 3 unspecified atom stereocenters. The fourth-order valence-corrected chi connectivity index (χ4v) is 9.38. The largest absolute Gasteiger partial charge is 0.496 e. The quantitative estimate of drug-likeness (QED) is 0.114. The number of hydrogen-bond acceptors (Lipinski definition) is 12. The van der Waals surface area contributed by atoms with E-state index in [1.165, 1.54) is 23.7 Å². The molecule has 17 heteroatoms. The van der Waals surface area contributed by atoms with Crippen LogP contribution in [0.3, 0.4) is 0 Å². The molecular formula is C46H60N8O7S2. The summed E-state index contributed by atoms with van der Waals surface area (Å²) in [5.74, 6) is 0.874. The van der Waals surface area contributed by atoms with Crippen LogP contribution in [0.25, 0.3) is 21.6 Å². The molecule has 6 atom stereocenters. The molecule has 4 amide bonds. The second kappa shape index (κ2) is 21.9. The molecule has 1 aromatic carbocycles. The van der Waals surface area contributed by atoms with Gasteiger partial charge in [-0.25, -0.2) is 19.2 Å². The van der Waals surface area contributed by atoms with Gasteiger partial charge in [0, 0.05) is 41.1 Å². The summed E-state index contributed by atoms with van der Waals surface area (Å²) in [5.41, 5.74) is 4.09. The van der Waals surface area contributed by atoms with E-state index in [0.29, 0.717) is 41.6 Å². The second-order valence-corrected chi connectivity index (χ2v) is 18.7. The molecule has 3 N–H and O–H groups in total. The molecule has 2 aliphatic carbocycles. The Bertz CT molecular complexity index is 2300. The first-order valence-corrected chi connectivity index (χ1v) is 24.1. The second-order valence-electron chi connectivity index (χ2n) is 16.4. The number of nitrogens with one attached hydrogen (secondary N) is 3. The lowest BCUT2D eigenvalue weighted by molar-refractivity contribution is -0.140. The molecule has 3 aromatic heterocycles. The van der Waals surface area contributed by atoms with Gasteiger partial charge in [-0.05, 0) is 76.3 Å². The van der Waals surface area contributed by atoms with Crippen LogP contribution in [0.4, 0.5) is 0 Å². The van der Waals surface area contributed by atoms with Crippen LogP contribution < -0.4 is 24.8 Å². The van der Waals surface area contributed by atoms with Crippen LogP contribution in [0.15, 0.2) is 48.1 Å². The normalized spacial score (nSPS) is 23.2. The van der Waals surface area contributed by atoms with Gasteiger partial charge in [-0.2, -0.15) is 0 Å². The zero-order chi connectivity index (χ0) is 45.2. The molecule has 63 heavy (non-hydrogen) atoms. The van der Waals surface area contributed by atoms with E-state index in [4.69, 9.17) is 19.4 Å². The molecule has 4 aromatic rings. The average molecular weight is 901 g/mol. The third-order valence-electron chi connectivity index (χ3n) is 11.4. The highest BCUT2D eigenvalue weighted by Crippen LogP contribution is 2.38. The van der Waals surface area contributed by atoms with Gasteiger partial charge in [0.2, 0.25) is 18.2 Å². The number of carbonyl (C=O) groups excluding carboxylic acids is 4. The summed E-state index contributed by atoms with van der Waals surface area (Å²) < 4.78 is 25.2. The molecule has 5 heterocycles. The lowest BCUT2D eigenvalue weighted by Crippen LogP contribution is -2.54. The van der Waals surface area contributed by atoms with Gasteiger partial charge in [-0.1, -0.05) is 52.7 Å². The van der Waals surface area contributed by atoms with Crippen molar-refractivity contribution < 1.29 is 32.9 Å². The summed E-state index contributed by atoms with van der Waals surface area (Å²) in [6.07, 6.45) is 14.5. The third kappa shape index (κ3) is 12.0. The van der Waals surface area contributed by atoms with E-state index in [2.05, 4.69) is 56.7 Å². The number of pyridine rings is 1. The maximum atomic E-state index is 14.5. The van der Waals surface area contributed by atoms with Crippen molar-refractivity contribution in [2.75, 3.05) is 13.7 Å². The molecule has 3 fully saturated rings. The number of thiazole rings is 1. The smallest absolute Gasteiger partial charge is 0.272 e. The maximum absolute atomic E-state index is 14.5. The van der Waals surface area contributed by atoms with Gasteiger partial charge in [-0.3, -0.25) is 28.9 Å². The van der Waals surface area contributed by atoms with E-state index < -0.39 is 35.1 Å². The van der Waals surface area contributed by atoms with E-state index >= 15 is 0 Å². The fourth-order valence-electron chi connectivity index (χ4n) is 7.59. The first-order valence-electron chi connectivity index (χ1n) is 22.0.